The molecule has 0 aliphatic heterocycles. The van der Waals surface area contributed by atoms with Gasteiger partial charge in [-0.3, -0.25) is 25.4 Å². The molecule has 1 atom stereocenters. The van der Waals surface area contributed by atoms with E-state index in [1.165, 1.54) is 36.5 Å². The van der Waals surface area contributed by atoms with Crippen LogP contribution in [0.4, 0.5) is 0 Å². The maximum atomic E-state index is 12.2. The maximum absolute atomic E-state index is 12.2. The quantitative estimate of drug-likeness (QED) is 0.656. The number of aromatic nitrogens is 1. The number of hydrogen-bond acceptors (Lipinski definition) is 5. The predicted octanol–water partition coefficient (Wildman–Crippen LogP) is 1.23. The minimum atomic E-state index is -3.64. The molecule has 0 unspecified atom stereocenters. The van der Waals surface area contributed by atoms with E-state index in [2.05, 4.69) is 20.6 Å². The molecule has 2 rings (SSSR count). The number of amides is 2. The fourth-order valence-electron chi connectivity index (χ4n) is 1.95. The molecule has 0 fully saturated rings. The van der Waals surface area contributed by atoms with Crippen LogP contribution in [0.1, 0.15) is 41.1 Å². The Bertz CT molecular complexity index is 867. The molecule has 0 bridgehead atoms. The molecule has 1 heterocycles. The normalized spacial score (nSPS) is 12.2. The van der Waals surface area contributed by atoms with Gasteiger partial charge in [0.25, 0.3) is 11.8 Å². The van der Waals surface area contributed by atoms with Gasteiger partial charge in [0.05, 0.1) is 4.90 Å². The van der Waals surface area contributed by atoms with Crippen LogP contribution in [-0.2, 0) is 10.0 Å². The summed E-state index contributed by atoms with van der Waals surface area (Å²) in [6.45, 7) is 3.64. The summed E-state index contributed by atoms with van der Waals surface area (Å²) in [5.74, 6) is -1.14. The van der Waals surface area contributed by atoms with E-state index in [9.17, 15) is 18.0 Å². The average Bonchev–Trinajstić information content (AvgIpc) is 2.66. The molecule has 0 aliphatic rings. The fraction of sp³-hybridized carbons (Fsp3) is 0.235. The van der Waals surface area contributed by atoms with Crippen molar-refractivity contribution in [2.75, 3.05) is 0 Å². The molecule has 0 saturated carbocycles. The molecule has 9 heteroatoms. The van der Waals surface area contributed by atoms with Crippen molar-refractivity contribution in [3.8, 4) is 0 Å². The van der Waals surface area contributed by atoms with Gasteiger partial charge in [0.2, 0.25) is 10.0 Å². The van der Waals surface area contributed by atoms with E-state index in [1.54, 1.807) is 19.1 Å². The number of hydrazine groups is 1. The molecule has 2 amide bonds. The van der Waals surface area contributed by atoms with Gasteiger partial charge in [-0.05, 0) is 49.7 Å². The lowest BCUT2D eigenvalue weighted by molar-refractivity contribution is 0.0844. The summed E-state index contributed by atoms with van der Waals surface area (Å²) in [5, 5.41) is 0. The van der Waals surface area contributed by atoms with E-state index in [1.807, 2.05) is 6.92 Å². The highest BCUT2D eigenvalue weighted by Crippen LogP contribution is 2.11. The van der Waals surface area contributed by atoms with Crippen molar-refractivity contribution < 1.29 is 18.0 Å². The number of nitrogens with zero attached hydrogens (tertiary/aromatic N) is 1. The molecule has 0 spiro atoms. The van der Waals surface area contributed by atoms with Crippen molar-refractivity contribution in [1.82, 2.24) is 20.6 Å². The lowest BCUT2D eigenvalue weighted by Gasteiger charge is -2.12. The topological polar surface area (TPSA) is 117 Å². The van der Waals surface area contributed by atoms with Crippen LogP contribution in [0.3, 0.4) is 0 Å². The number of nitrogens with one attached hydrogen (secondary N) is 3. The second-order valence-corrected chi connectivity index (χ2v) is 7.29. The molecule has 0 radical (unpaired) electrons. The van der Waals surface area contributed by atoms with Gasteiger partial charge >= 0.3 is 0 Å². The van der Waals surface area contributed by atoms with Gasteiger partial charge < -0.3 is 0 Å². The van der Waals surface area contributed by atoms with Gasteiger partial charge in [0.1, 0.15) is 5.69 Å². The van der Waals surface area contributed by atoms with Gasteiger partial charge in [0, 0.05) is 17.8 Å². The summed E-state index contributed by atoms with van der Waals surface area (Å²) < 4.78 is 26.9. The Labute approximate surface area is 152 Å². The van der Waals surface area contributed by atoms with Crippen LogP contribution in [0, 0.1) is 0 Å². The van der Waals surface area contributed by atoms with Crippen LogP contribution in [0.15, 0.2) is 53.6 Å². The Kier molecular flexibility index (Phi) is 6.42. The Morgan fingerprint density at radius 1 is 1.04 bits per heavy atom. The van der Waals surface area contributed by atoms with Crippen molar-refractivity contribution in [2.24, 2.45) is 0 Å². The summed E-state index contributed by atoms with van der Waals surface area (Å²) >= 11 is 0. The molecule has 138 valence electrons. The minimum absolute atomic E-state index is 0.0619. The highest BCUT2D eigenvalue weighted by molar-refractivity contribution is 7.89. The van der Waals surface area contributed by atoms with Crippen LogP contribution in [0.5, 0.6) is 0 Å². The number of carbonyl (C=O) groups is 2. The number of carbonyl (C=O) groups excluding carboxylic acids is 2. The third-order valence-corrected chi connectivity index (χ3v) is 5.19. The monoisotopic (exact) mass is 376 g/mol. The first kappa shape index (κ1) is 19.5. The van der Waals surface area contributed by atoms with Crippen molar-refractivity contribution >= 4 is 21.8 Å². The van der Waals surface area contributed by atoms with Gasteiger partial charge in [-0.1, -0.05) is 13.0 Å². The van der Waals surface area contributed by atoms with E-state index in [0.29, 0.717) is 6.42 Å². The molecule has 8 nitrogen and oxygen atoms in total. The highest BCUT2D eigenvalue weighted by Gasteiger charge is 2.17. The van der Waals surface area contributed by atoms with Crippen LogP contribution in [-0.4, -0.2) is 31.3 Å². The zero-order valence-electron chi connectivity index (χ0n) is 14.4. The number of rotatable bonds is 6. The molecule has 1 aromatic carbocycles. The summed E-state index contributed by atoms with van der Waals surface area (Å²) in [6, 6.07) is 10.0. The molecule has 0 aliphatic carbocycles. The second kappa shape index (κ2) is 8.54. The first-order valence-electron chi connectivity index (χ1n) is 7.97. The molecular weight excluding hydrogens is 356 g/mol. The van der Waals surface area contributed by atoms with Crippen LogP contribution >= 0.6 is 0 Å². The molecular formula is C17H20N4O4S. The average molecular weight is 376 g/mol. The second-order valence-electron chi connectivity index (χ2n) is 5.58. The highest BCUT2D eigenvalue weighted by atomic mass is 32.2. The van der Waals surface area contributed by atoms with Crippen LogP contribution < -0.4 is 15.6 Å². The molecule has 2 aromatic rings. The van der Waals surface area contributed by atoms with E-state index in [0.717, 1.165) is 0 Å². The zero-order valence-corrected chi connectivity index (χ0v) is 15.2. The van der Waals surface area contributed by atoms with E-state index >= 15 is 0 Å². The molecule has 3 N–H and O–H groups in total. The van der Waals surface area contributed by atoms with E-state index in [-0.39, 0.29) is 22.2 Å². The molecule has 1 aromatic heterocycles. The van der Waals surface area contributed by atoms with Crippen molar-refractivity contribution in [3.63, 3.8) is 0 Å². The maximum Gasteiger partial charge on any atom is 0.288 e. The number of pyridine rings is 1. The first-order valence-corrected chi connectivity index (χ1v) is 9.46. The van der Waals surface area contributed by atoms with Crippen LogP contribution in [0.25, 0.3) is 0 Å². The SMILES string of the molecule is CC[C@H](C)NS(=O)(=O)c1ccc(C(=O)NNC(=O)c2ccccn2)cc1. The molecule has 0 saturated heterocycles. The van der Waals surface area contributed by atoms with E-state index < -0.39 is 21.8 Å². The van der Waals surface area contributed by atoms with Gasteiger partial charge in [-0.15, -0.1) is 0 Å². The third-order valence-electron chi connectivity index (χ3n) is 3.58. The largest absolute Gasteiger partial charge is 0.288 e. The number of hydrogen-bond donors (Lipinski definition) is 3. The Morgan fingerprint density at radius 3 is 2.27 bits per heavy atom. The van der Waals surface area contributed by atoms with Gasteiger partial charge in [-0.25, -0.2) is 13.1 Å². The summed E-state index contributed by atoms with van der Waals surface area (Å²) in [4.78, 5) is 27.8. The lowest BCUT2D eigenvalue weighted by Crippen LogP contribution is -2.41. The van der Waals surface area contributed by atoms with Crippen molar-refractivity contribution in [3.05, 3.63) is 59.9 Å². The number of benzene rings is 1. The van der Waals surface area contributed by atoms with Crippen molar-refractivity contribution in [2.45, 2.75) is 31.2 Å². The Hall–Kier alpha value is -2.78. The predicted molar refractivity (Wildman–Crippen MR) is 95.7 cm³/mol. The Morgan fingerprint density at radius 2 is 1.69 bits per heavy atom. The summed E-state index contributed by atoms with van der Waals surface area (Å²) in [6.07, 6.45) is 2.12. The first-order chi connectivity index (χ1) is 12.3. The minimum Gasteiger partial charge on any atom is -0.267 e. The lowest BCUT2D eigenvalue weighted by atomic mass is 10.2. The van der Waals surface area contributed by atoms with E-state index in [4.69, 9.17) is 0 Å². The van der Waals surface area contributed by atoms with Gasteiger partial charge in [0.15, 0.2) is 0 Å². The van der Waals surface area contributed by atoms with Crippen molar-refractivity contribution in [1.29, 1.82) is 0 Å². The standard InChI is InChI=1S/C17H20N4O4S/c1-3-12(2)21-26(24,25)14-9-7-13(8-10-14)16(22)19-20-17(23)15-6-4-5-11-18-15/h4-12,21H,3H2,1-2H3,(H,19,22)(H,20,23)/t12-/m0/s1. The van der Waals surface area contributed by atoms with Crippen LogP contribution in [0.2, 0.25) is 0 Å². The zero-order chi connectivity index (χ0) is 19.2. The third kappa shape index (κ3) is 5.11. The Balaban J connectivity index is 1.99. The summed E-state index contributed by atoms with van der Waals surface area (Å²) in [5.41, 5.74) is 4.86. The molecule has 26 heavy (non-hydrogen) atoms. The smallest absolute Gasteiger partial charge is 0.267 e. The number of sulfonamides is 1. The fourth-order valence-corrected chi connectivity index (χ4v) is 3.28. The van der Waals surface area contributed by atoms with Gasteiger partial charge in [-0.2, -0.15) is 0 Å². The summed E-state index contributed by atoms with van der Waals surface area (Å²) in [7, 11) is -3.64.